The molecule has 0 fully saturated rings. The highest BCUT2D eigenvalue weighted by molar-refractivity contribution is 6.30. The van der Waals surface area contributed by atoms with Crippen molar-refractivity contribution in [2.24, 2.45) is 5.73 Å². The van der Waals surface area contributed by atoms with E-state index in [1.807, 2.05) is 19.1 Å². The summed E-state index contributed by atoms with van der Waals surface area (Å²) in [5.74, 6) is 0.577. The lowest BCUT2D eigenvalue weighted by Gasteiger charge is -2.16. The molecule has 27 heavy (non-hydrogen) atoms. The molecule has 2 aromatic carbocycles. The predicted molar refractivity (Wildman–Crippen MR) is 107 cm³/mol. The molecule has 0 aromatic heterocycles. The summed E-state index contributed by atoms with van der Waals surface area (Å²) in [4.78, 5) is 23.0. The van der Waals surface area contributed by atoms with Gasteiger partial charge in [0.25, 0.3) is 0 Å². The van der Waals surface area contributed by atoms with Gasteiger partial charge in [-0.15, -0.1) is 0 Å². The topological polar surface area (TPSA) is 105 Å². The molecule has 7 nitrogen and oxygen atoms in total. The van der Waals surface area contributed by atoms with E-state index in [-0.39, 0.29) is 11.9 Å². The molecule has 0 heterocycles. The number of amides is 3. The summed E-state index contributed by atoms with van der Waals surface area (Å²) >= 11 is 5.99. The highest BCUT2D eigenvalue weighted by atomic mass is 35.5. The van der Waals surface area contributed by atoms with Crippen LogP contribution in [0.2, 0.25) is 5.02 Å². The molecule has 0 aliphatic carbocycles. The third-order valence-electron chi connectivity index (χ3n) is 3.88. The smallest absolute Gasteiger partial charge is 0.316 e. The van der Waals surface area contributed by atoms with E-state index in [0.29, 0.717) is 29.4 Å². The molecule has 0 spiro atoms. The van der Waals surface area contributed by atoms with E-state index in [9.17, 15) is 9.59 Å². The van der Waals surface area contributed by atoms with Gasteiger partial charge >= 0.3 is 6.03 Å². The fourth-order valence-electron chi connectivity index (χ4n) is 2.52. The van der Waals surface area contributed by atoms with Crippen molar-refractivity contribution in [3.05, 3.63) is 53.1 Å². The van der Waals surface area contributed by atoms with Gasteiger partial charge in [0.1, 0.15) is 5.75 Å². The molecule has 0 saturated heterocycles. The average Bonchev–Trinajstić information content (AvgIpc) is 2.62. The first-order chi connectivity index (χ1) is 12.9. The molecular formula is C19H23ClN4O3. The van der Waals surface area contributed by atoms with Crippen molar-refractivity contribution in [2.75, 3.05) is 24.3 Å². The molecule has 1 atom stereocenters. The van der Waals surface area contributed by atoms with Crippen LogP contribution in [0.5, 0.6) is 5.75 Å². The van der Waals surface area contributed by atoms with Gasteiger partial charge in [0.2, 0.25) is 5.91 Å². The van der Waals surface area contributed by atoms with Crippen LogP contribution in [0, 0.1) is 0 Å². The van der Waals surface area contributed by atoms with Crippen LogP contribution in [0.4, 0.5) is 16.2 Å². The fourth-order valence-corrected chi connectivity index (χ4v) is 2.70. The van der Waals surface area contributed by atoms with Gasteiger partial charge in [-0.2, -0.15) is 0 Å². The number of halogens is 1. The lowest BCUT2D eigenvalue weighted by Crippen LogP contribution is -2.28. The Bertz CT molecular complexity index is 796. The van der Waals surface area contributed by atoms with Gasteiger partial charge in [-0.25, -0.2) is 4.79 Å². The Kier molecular flexibility index (Phi) is 7.31. The van der Waals surface area contributed by atoms with Gasteiger partial charge < -0.3 is 26.4 Å². The fraction of sp³-hybridized carbons (Fsp3) is 0.263. The van der Waals surface area contributed by atoms with E-state index >= 15 is 0 Å². The Morgan fingerprint density at radius 3 is 2.52 bits per heavy atom. The largest absolute Gasteiger partial charge is 0.495 e. The van der Waals surface area contributed by atoms with Crippen molar-refractivity contribution in [1.82, 2.24) is 5.32 Å². The maximum absolute atomic E-state index is 12.2. The van der Waals surface area contributed by atoms with Gasteiger partial charge in [-0.05, 0) is 42.8 Å². The SMILES string of the molecule is COc1ccc(Cl)cc1NCCC(=O)NC(C)c1ccc(NC(N)=O)cc1. The Balaban J connectivity index is 1.83. The zero-order valence-corrected chi connectivity index (χ0v) is 16.0. The lowest BCUT2D eigenvalue weighted by atomic mass is 10.1. The van der Waals surface area contributed by atoms with Crippen LogP contribution in [-0.4, -0.2) is 25.6 Å². The summed E-state index contributed by atoms with van der Waals surface area (Å²) in [5.41, 5.74) is 7.33. The zero-order valence-electron chi connectivity index (χ0n) is 15.2. The summed E-state index contributed by atoms with van der Waals surface area (Å²) in [6, 6.07) is 11.6. The van der Waals surface area contributed by atoms with Crippen LogP contribution in [-0.2, 0) is 4.79 Å². The Morgan fingerprint density at radius 1 is 1.19 bits per heavy atom. The summed E-state index contributed by atoms with van der Waals surface area (Å²) in [7, 11) is 1.58. The quantitative estimate of drug-likeness (QED) is 0.553. The molecule has 0 aliphatic rings. The van der Waals surface area contributed by atoms with Crippen LogP contribution in [0.3, 0.4) is 0 Å². The van der Waals surface area contributed by atoms with Crippen LogP contribution in [0.25, 0.3) is 0 Å². The first-order valence-electron chi connectivity index (χ1n) is 8.42. The molecule has 0 saturated carbocycles. The number of methoxy groups -OCH3 is 1. The Labute approximate surface area is 163 Å². The molecule has 8 heteroatoms. The second-order valence-electron chi connectivity index (χ2n) is 5.92. The standard InChI is InChI=1S/C19H23ClN4O3/c1-12(13-3-6-15(7-4-13)24-19(21)26)23-18(25)9-10-22-16-11-14(20)5-8-17(16)27-2/h3-8,11-12,22H,9-10H2,1-2H3,(H,23,25)(H3,21,24,26). The van der Waals surface area contributed by atoms with Crippen LogP contribution in [0.15, 0.2) is 42.5 Å². The molecule has 144 valence electrons. The van der Waals surface area contributed by atoms with Crippen LogP contribution in [0.1, 0.15) is 24.9 Å². The maximum atomic E-state index is 12.2. The minimum Gasteiger partial charge on any atom is -0.495 e. The van der Waals surface area contributed by atoms with Gasteiger partial charge in [-0.3, -0.25) is 4.79 Å². The van der Waals surface area contributed by atoms with Gasteiger partial charge in [-0.1, -0.05) is 23.7 Å². The predicted octanol–water partition coefficient (Wildman–Crippen LogP) is 3.52. The molecular weight excluding hydrogens is 368 g/mol. The molecule has 2 aromatic rings. The van der Waals surface area contributed by atoms with E-state index in [0.717, 1.165) is 11.3 Å². The van der Waals surface area contributed by atoms with E-state index in [4.69, 9.17) is 22.1 Å². The van der Waals surface area contributed by atoms with E-state index < -0.39 is 6.03 Å². The van der Waals surface area contributed by atoms with Crippen molar-refractivity contribution >= 4 is 34.9 Å². The summed E-state index contributed by atoms with van der Waals surface area (Å²) in [5, 5.41) is 9.17. The van der Waals surface area contributed by atoms with Gasteiger partial charge in [0, 0.05) is 23.7 Å². The Morgan fingerprint density at radius 2 is 1.89 bits per heavy atom. The number of carbonyl (C=O) groups excluding carboxylic acids is 2. The normalized spacial score (nSPS) is 11.4. The number of anilines is 2. The van der Waals surface area contributed by atoms with E-state index in [1.165, 1.54) is 0 Å². The molecule has 0 radical (unpaired) electrons. The van der Waals surface area contributed by atoms with E-state index in [2.05, 4.69) is 16.0 Å². The summed E-state index contributed by atoms with van der Waals surface area (Å²) in [6.45, 7) is 2.33. The Hall–Kier alpha value is -2.93. The molecule has 3 amide bonds. The minimum atomic E-state index is -0.618. The zero-order chi connectivity index (χ0) is 19.8. The van der Waals surface area contributed by atoms with Crippen molar-refractivity contribution < 1.29 is 14.3 Å². The highest BCUT2D eigenvalue weighted by Crippen LogP contribution is 2.27. The second kappa shape index (κ2) is 9.68. The number of nitrogens with one attached hydrogen (secondary N) is 3. The number of urea groups is 1. The van der Waals surface area contributed by atoms with Gasteiger partial charge in [0.05, 0.1) is 18.8 Å². The highest BCUT2D eigenvalue weighted by Gasteiger charge is 2.10. The van der Waals surface area contributed by atoms with Crippen molar-refractivity contribution in [3.8, 4) is 5.75 Å². The molecule has 2 rings (SSSR count). The molecule has 0 aliphatic heterocycles. The lowest BCUT2D eigenvalue weighted by molar-refractivity contribution is -0.121. The number of nitrogens with two attached hydrogens (primary N) is 1. The maximum Gasteiger partial charge on any atom is 0.316 e. The number of carbonyl (C=O) groups is 2. The third kappa shape index (κ3) is 6.38. The molecule has 5 N–H and O–H groups in total. The van der Waals surface area contributed by atoms with Gasteiger partial charge in [0.15, 0.2) is 0 Å². The first kappa shape index (κ1) is 20.4. The monoisotopic (exact) mass is 390 g/mol. The summed E-state index contributed by atoms with van der Waals surface area (Å²) < 4.78 is 5.26. The summed E-state index contributed by atoms with van der Waals surface area (Å²) in [6.07, 6.45) is 0.293. The van der Waals surface area contributed by atoms with Crippen molar-refractivity contribution in [3.63, 3.8) is 0 Å². The average molecular weight is 391 g/mol. The number of ether oxygens (including phenoxy) is 1. The van der Waals surface area contributed by atoms with Crippen molar-refractivity contribution in [2.45, 2.75) is 19.4 Å². The van der Waals surface area contributed by atoms with E-state index in [1.54, 1.807) is 37.4 Å². The number of rotatable bonds is 8. The molecule has 1 unspecified atom stereocenters. The first-order valence-corrected chi connectivity index (χ1v) is 8.80. The number of hydrogen-bond acceptors (Lipinski definition) is 4. The van der Waals surface area contributed by atoms with Crippen LogP contribution >= 0.6 is 11.6 Å². The molecule has 0 bridgehead atoms. The number of hydrogen-bond donors (Lipinski definition) is 4. The number of primary amides is 1. The van der Waals surface area contributed by atoms with Crippen LogP contribution < -0.4 is 26.4 Å². The van der Waals surface area contributed by atoms with Crippen molar-refractivity contribution in [1.29, 1.82) is 0 Å². The second-order valence-corrected chi connectivity index (χ2v) is 6.36. The number of benzene rings is 2. The third-order valence-corrected chi connectivity index (χ3v) is 4.12. The minimum absolute atomic E-state index is 0.0877.